The Hall–Kier alpha value is -3.50. The van der Waals surface area contributed by atoms with Crippen LogP contribution in [0.25, 0.3) is 10.8 Å². The van der Waals surface area contributed by atoms with E-state index in [0.717, 1.165) is 42.9 Å². The first-order valence-corrected chi connectivity index (χ1v) is 13.9. The van der Waals surface area contributed by atoms with Crippen LogP contribution in [-0.4, -0.2) is 47.4 Å². The molecule has 0 aliphatic rings. The van der Waals surface area contributed by atoms with Crippen LogP contribution < -0.4 is 14.7 Å². The maximum absolute atomic E-state index is 6.67. The fourth-order valence-corrected chi connectivity index (χ4v) is 5.79. The van der Waals surface area contributed by atoms with E-state index < -0.39 is 5.60 Å². The maximum Gasteiger partial charge on any atom is 0.143 e. The molecular formula is C34H43N3O. The highest BCUT2D eigenvalue weighted by molar-refractivity contribution is 5.97. The maximum atomic E-state index is 6.67. The van der Waals surface area contributed by atoms with Gasteiger partial charge in [0.1, 0.15) is 5.60 Å². The highest BCUT2D eigenvalue weighted by atomic mass is 16.5. The molecule has 0 aromatic heterocycles. The number of benzene rings is 4. The van der Waals surface area contributed by atoms with Crippen LogP contribution in [0.3, 0.4) is 0 Å². The molecule has 0 amide bonds. The molecule has 4 aromatic rings. The molecule has 4 aromatic carbocycles. The van der Waals surface area contributed by atoms with Crippen LogP contribution in [0.1, 0.15) is 44.4 Å². The molecule has 0 N–H and O–H groups in total. The molecule has 0 unspecified atom stereocenters. The zero-order chi connectivity index (χ0) is 27.3. The quantitative estimate of drug-likeness (QED) is 0.194. The van der Waals surface area contributed by atoms with E-state index in [4.69, 9.17) is 4.74 Å². The fraction of sp³-hybridized carbons (Fsp3) is 0.353. The van der Waals surface area contributed by atoms with Crippen LogP contribution in [0.2, 0.25) is 0 Å². The van der Waals surface area contributed by atoms with Crippen LogP contribution >= 0.6 is 0 Å². The summed E-state index contributed by atoms with van der Waals surface area (Å²) in [5.41, 5.74) is 6.27. The molecule has 0 atom stereocenters. The Morgan fingerprint density at radius 3 is 1.42 bits per heavy atom. The van der Waals surface area contributed by atoms with Gasteiger partial charge in [0.15, 0.2) is 0 Å². The van der Waals surface area contributed by atoms with Crippen molar-refractivity contribution >= 4 is 27.8 Å². The van der Waals surface area contributed by atoms with E-state index in [1.54, 1.807) is 0 Å². The van der Waals surface area contributed by atoms with Gasteiger partial charge in [0.2, 0.25) is 0 Å². The molecule has 0 fully saturated rings. The van der Waals surface area contributed by atoms with E-state index in [9.17, 15) is 0 Å². The molecule has 0 heterocycles. The lowest BCUT2D eigenvalue weighted by Crippen LogP contribution is -2.32. The number of rotatable bonds is 11. The first-order chi connectivity index (χ1) is 18.4. The van der Waals surface area contributed by atoms with E-state index in [0.29, 0.717) is 0 Å². The second-order valence-corrected chi connectivity index (χ2v) is 9.90. The standard InChI is InChI=1S/C34H43N3O/c1-8-36(9-2)28-20-16-26(17-21-28)34(38-7,27-18-22-29(23-19-27)37(10-3)11-4)32-24-25-33(35(5)6)31-15-13-12-14-30(31)32/h12-25H,8-11H2,1-7H3. The molecule has 0 bridgehead atoms. The number of hydrogen-bond donors (Lipinski definition) is 0. The minimum Gasteiger partial charge on any atom is -0.377 e. The topological polar surface area (TPSA) is 19.0 Å². The number of fused-ring (bicyclic) bond motifs is 1. The van der Waals surface area contributed by atoms with Gasteiger partial charge in [0.05, 0.1) is 0 Å². The van der Waals surface area contributed by atoms with Gasteiger partial charge in [-0.15, -0.1) is 0 Å². The Balaban J connectivity index is 1.99. The second kappa shape index (κ2) is 11.9. The lowest BCUT2D eigenvalue weighted by molar-refractivity contribution is 0.0598. The fourth-order valence-electron chi connectivity index (χ4n) is 5.79. The first kappa shape index (κ1) is 27.5. The van der Waals surface area contributed by atoms with Crippen molar-refractivity contribution in [1.29, 1.82) is 0 Å². The Bertz CT molecular complexity index is 1260. The average Bonchev–Trinajstić information content (AvgIpc) is 2.96. The van der Waals surface area contributed by atoms with Crippen molar-refractivity contribution in [3.05, 3.63) is 102 Å². The second-order valence-electron chi connectivity index (χ2n) is 9.90. The molecule has 0 radical (unpaired) electrons. The summed E-state index contributed by atoms with van der Waals surface area (Å²) >= 11 is 0. The summed E-state index contributed by atoms with van der Waals surface area (Å²) in [4.78, 5) is 6.93. The third kappa shape index (κ3) is 4.86. The first-order valence-electron chi connectivity index (χ1n) is 13.9. The zero-order valence-electron chi connectivity index (χ0n) is 24.2. The Labute approximate surface area is 229 Å². The Morgan fingerprint density at radius 1 is 0.579 bits per heavy atom. The van der Waals surface area contributed by atoms with E-state index in [2.05, 4.69) is 141 Å². The van der Waals surface area contributed by atoms with Crippen LogP contribution in [-0.2, 0) is 10.3 Å². The van der Waals surface area contributed by atoms with Gasteiger partial charge in [0, 0.05) is 75.4 Å². The molecule has 0 spiro atoms. The van der Waals surface area contributed by atoms with Gasteiger partial charge in [-0.3, -0.25) is 0 Å². The normalized spacial score (nSPS) is 11.6. The number of methoxy groups -OCH3 is 1. The van der Waals surface area contributed by atoms with Crippen molar-refractivity contribution in [2.24, 2.45) is 0 Å². The van der Waals surface area contributed by atoms with E-state index in [1.165, 1.54) is 27.8 Å². The van der Waals surface area contributed by atoms with E-state index >= 15 is 0 Å². The highest BCUT2D eigenvalue weighted by Gasteiger charge is 2.38. The third-order valence-corrected chi connectivity index (χ3v) is 7.87. The van der Waals surface area contributed by atoms with E-state index in [1.807, 2.05) is 7.11 Å². The molecule has 0 aliphatic heterocycles. The third-order valence-electron chi connectivity index (χ3n) is 7.87. The predicted octanol–water partition coefficient (Wildman–Crippen LogP) is 7.54. The molecule has 38 heavy (non-hydrogen) atoms. The summed E-state index contributed by atoms with van der Waals surface area (Å²) in [7, 11) is 6.04. The number of hydrogen-bond acceptors (Lipinski definition) is 4. The number of anilines is 3. The van der Waals surface area contributed by atoms with Gasteiger partial charge in [-0.05, 0) is 74.5 Å². The SMILES string of the molecule is CCN(CC)c1ccc(C(OC)(c2ccc(N(CC)CC)cc2)c2ccc(N(C)C)c3ccccc23)cc1. The van der Waals surface area contributed by atoms with Crippen molar-refractivity contribution in [1.82, 2.24) is 0 Å². The van der Waals surface area contributed by atoms with Crippen molar-refractivity contribution in [2.75, 3.05) is 62.1 Å². The Morgan fingerprint density at radius 2 is 1.03 bits per heavy atom. The van der Waals surface area contributed by atoms with E-state index in [-0.39, 0.29) is 0 Å². The molecule has 0 aliphatic carbocycles. The van der Waals surface area contributed by atoms with Gasteiger partial charge in [0.25, 0.3) is 0 Å². The summed E-state index contributed by atoms with van der Waals surface area (Å²) in [6, 6.07) is 31.0. The van der Waals surface area contributed by atoms with Crippen molar-refractivity contribution in [2.45, 2.75) is 33.3 Å². The Kier molecular flexibility index (Phi) is 8.63. The molecule has 0 saturated carbocycles. The number of ether oxygens (including phenoxy) is 1. The van der Waals surface area contributed by atoms with Gasteiger partial charge in [-0.25, -0.2) is 0 Å². The van der Waals surface area contributed by atoms with Crippen molar-refractivity contribution in [3.63, 3.8) is 0 Å². The van der Waals surface area contributed by atoms with Crippen LogP contribution in [0.4, 0.5) is 17.1 Å². The molecule has 4 heteroatoms. The minimum absolute atomic E-state index is 0.770. The largest absolute Gasteiger partial charge is 0.377 e. The smallest absolute Gasteiger partial charge is 0.143 e. The van der Waals surface area contributed by atoms with Crippen LogP contribution in [0.15, 0.2) is 84.9 Å². The van der Waals surface area contributed by atoms with Gasteiger partial charge in [-0.1, -0.05) is 54.6 Å². The van der Waals surface area contributed by atoms with Crippen molar-refractivity contribution in [3.8, 4) is 0 Å². The molecule has 4 rings (SSSR count). The van der Waals surface area contributed by atoms with Gasteiger partial charge < -0.3 is 19.4 Å². The average molecular weight is 510 g/mol. The summed E-state index contributed by atoms with van der Waals surface area (Å²) in [5.74, 6) is 0. The summed E-state index contributed by atoms with van der Waals surface area (Å²) in [5, 5.41) is 2.41. The zero-order valence-corrected chi connectivity index (χ0v) is 24.2. The highest BCUT2D eigenvalue weighted by Crippen LogP contribution is 2.45. The summed E-state index contributed by atoms with van der Waals surface area (Å²) < 4.78 is 6.67. The molecule has 0 saturated heterocycles. The van der Waals surface area contributed by atoms with Gasteiger partial charge in [-0.2, -0.15) is 0 Å². The van der Waals surface area contributed by atoms with Gasteiger partial charge >= 0.3 is 0 Å². The monoisotopic (exact) mass is 509 g/mol. The molecule has 4 nitrogen and oxygen atoms in total. The lowest BCUT2D eigenvalue weighted by atomic mass is 9.77. The predicted molar refractivity (Wildman–Crippen MR) is 165 cm³/mol. The minimum atomic E-state index is -0.770. The summed E-state index contributed by atoms with van der Waals surface area (Å²) in [6.45, 7) is 12.7. The molecule has 200 valence electrons. The molecular weight excluding hydrogens is 466 g/mol. The summed E-state index contributed by atoms with van der Waals surface area (Å²) in [6.07, 6.45) is 0. The van der Waals surface area contributed by atoms with Crippen LogP contribution in [0, 0.1) is 0 Å². The van der Waals surface area contributed by atoms with Crippen molar-refractivity contribution < 1.29 is 4.74 Å². The van der Waals surface area contributed by atoms with Crippen LogP contribution in [0.5, 0.6) is 0 Å². The number of nitrogens with zero attached hydrogens (tertiary/aromatic N) is 3. The lowest BCUT2D eigenvalue weighted by Gasteiger charge is -2.36.